The summed E-state index contributed by atoms with van der Waals surface area (Å²) in [6.45, 7) is 13.9. The van der Waals surface area contributed by atoms with Crippen molar-refractivity contribution in [1.82, 2.24) is 0 Å². The monoisotopic (exact) mass is 407 g/mol. The molecule has 164 valence electrons. The van der Waals surface area contributed by atoms with Crippen molar-refractivity contribution in [3.63, 3.8) is 0 Å². The zero-order valence-electron chi connectivity index (χ0n) is 19.8. The van der Waals surface area contributed by atoms with Crippen LogP contribution in [0.1, 0.15) is 82.9 Å². The van der Waals surface area contributed by atoms with E-state index in [1.54, 1.807) is 17.2 Å². The van der Waals surface area contributed by atoms with Gasteiger partial charge in [0, 0.05) is 0 Å². The largest absolute Gasteiger partial charge is 0.300 e. The highest BCUT2D eigenvalue weighted by atomic mass is 16.6. The number of hydrogen-bond acceptors (Lipinski definition) is 2. The third-order valence-electron chi connectivity index (χ3n) is 5.41. The summed E-state index contributed by atoms with van der Waals surface area (Å²) in [5.41, 5.74) is 9.44. The quantitative estimate of drug-likeness (QED) is 0.404. The summed E-state index contributed by atoms with van der Waals surface area (Å²) in [4.78, 5) is 4.82. The molecule has 2 N–H and O–H groups in total. The van der Waals surface area contributed by atoms with Gasteiger partial charge in [0.05, 0.1) is 6.61 Å². The minimum absolute atomic E-state index is 0.441. The van der Waals surface area contributed by atoms with Gasteiger partial charge in [-0.15, -0.1) is 6.58 Å². The molecule has 2 aliphatic carbocycles. The van der Waals surface area contributed by atoms with Crippen molar-refractivity contribution in [2.75, 3.05) is 6.61 Å². The molecule has 2 nitrogen and oxygen atoms in total. The summed E-state index contributed by atoms with van der Waals surface area (Å²) >= 11 is 0. The first-order valence-corrected chi connectivity index (χ1v) is 11.4. The van der Waals surface area contributed by atoms with Crippen LogP contribution < -0.4 is 5.90 Å². The van der Waals surface area contributed by atoms with Crippen molar-refractivity contribution in [3.8, 4) is 0 Å². The number of aryl methyl sites for hydroxylation is 1. The first-order valence-electron chi connectivity index (χ1n) is 11.4. The Kier molecular flexibility index (Phi) is 12.7. The Labute approximate surface area is 184 Å². The van der Waals surface area contributed by atoms with E-state index in [2.05, 4.69) is 56.0 Å². The van der Waals surface area contributed by atoms with E-state index in [0.29, 0.717) is 6.61 Å². The van der Waals surface area contributed by atoms with E-state index in [1.807, 2.05) is 27.7 Å². The zero-order chi connectivity index (χ0) is 22.4. The molecule has 1 saturated carbocycles. The normalized spacial score (nSPS) is 16.1. The van der Waals surface area contributed by atoms with Crippen LogP contribution in [0.5, 0.6) is 0 Å². The number of benzene rings is 1. The lowest BCUT2D eigenvalue weighted by Crippen LogP contribution is -2.04. The molecule has 0 atom stereocenters. The Hall–Kier alpha value is -2.16. The highest BCUT2D eigenvalue weighted by Gasteiger charge is 2.13. The fourth-order valence-corrected chi connectivity index (χ4v) is 3.93. The van der Waals surface area contributed by atoms with E-state index in [4.69, 9.17) is 10.7 Å². The second-order valence-corrected chi connectivity index (χ2v) is 7.45. The Balaban J connectivity index is 0.000000826. The van der Waals surface area contributed by atoms with E-state index < -0.39 is 0 Å². The smallest absolute Gasteiger partial charge is 0.0932 e. The van der Waals surface area contributed by atoms with Crippen molar-refractivity contribution >= 4 is 11.1 Å². The summed E-state index contributed by atoms with van der Waals surface area (Å²) in [6, 6.07) is 6.66. The molecule has 2 aliphatic rings. The lowest BCUT2D eigenvalue weighted by atomic mass is 9.86. The van der Waals surface area contributed by atoms with E-state index in [9.17, 15) is 0 Å². The van der Waals surface area contributed by atoms with Crippen molar-refractivity contribution in [2.45, 2.75) is 73.1 Å². The van der Waals surface area contributed by atoms with Gasteiger partial charge in [0.1, 0.15) is 0 Å². The van der Waals surface area contributed by atoms with E-state index >= 15 is 0 Å². The number of rotatable bonds is 4. The van der Waals surface area contributed by atoms with Gasteiger partial charge in [-0.05, 0) is 86.3 Å². The molecule has 1 aromatic carbocycles. The Morgan fingerprint density at radius 1 is 1.10 bits per heavy atom. The lowest BCUT2D eigenvalue weighted by molar-refractivity contribution is 0.173. The molecule has 0 unspecified atom stereocenters. The second kappa shape index (κ2) is 14.8. The molecule has 0 amide bonds. The summed E-state index contributed by atoms with van der Waals surface area (Å²) in [6.07, 6.45) is 18.6. The van der Waals surface area contributed by atoms with Crippen LogP contribution in [0.2, 0.25) is 0 Å². The molecule has 2 heteroatoms. The van der Waals surface area contributed by atoms with E-state index in [-0.39, 0.29) is 0 Å². The van der Waals surface area contributed by atoms with Gasteiger partial charge in [-0.3, -0.25) is 4.84 Å². The van der Waals surface area contributed by atoms with Crippen LogP contribution in [-0.4, -0.2) is 6.61 Å². The van der Waals surface area contributed by atoms with Crippen LogP contribution in [-0.2, 0) is 4.84 Å². The van der Waals surface area contributed by atoms with Gasteiger partial charge in [-0.1, -0.05) is 74.4 Å². The van der Waals surface area contributed by atoms with Crippen molar-refractivity contribution < 1.29 is 4.84 Å². The van der Waals surface area contributed by atoms with Gasteiger partial charge >= 0.3 is 0 Å². The van der Waals surface area contributed by atoms with Gasteiger partial charge in [0.2, 0.25) is 0 Å². The molecular weight excluding hydrogens is 366 g/mol. The fraction of sp³-hybridized carbons (Fsp3) is 0.429. The topological polar surface area (TPSA) is 35.2 Å². The minimum atomic E-state index is 0.441. The van der Waals surface area contributed by atoms with Crippen molar-refractivity contribution in [1.29, 1.82) is 0 Å². The van der Waals surface area contributed by atoms with Crippen LogP contribution in [0, 0.1) is 6.92 Å². The summed E-state index contributed by atoms with van der Waals surface area (Å²) in [5.74, 6) is 5.25. The van der Waals surface area contributed by atoms with Gasteiger partial charge in [0.25, 0.3) is 0 Å². The van der Waals surface area contributed by atoms with E-state index in [1.165, 1.54) is 54.4 Å². The standard InChI is InChI=1S/C23H29NO.C3H6.C2H6/c1-3-18(16-25-24)23-14-13-22(15-17(23)2)21-11-9-20(10-12-21)19-7-5-4-6-8-19;1-3-2;1-2/h3,9,11-15H,4-8,10,16,24H2,1-2H3;3H,1H2,2H3;1-2H3/b18-3-;;. The molecule has 0 bridgehead atoms. The predicted octanol–water partition coefficient (Wildman–Crippen LogP) is 8.11. The van der Waals surface area contributed by atoms with Gasteiger partial charge < -0.3 is 0 Å². The van der Waals surface area contributed by atoms with Crippen LogP contribution in [0.3, 0.4) is 0 Å². The first-order chi connectivity index (χ1) is 14.6. The molecule has 0 aliphatic heterocycles. The molecule has 0 spiro atoms. The second-order valence-electron chi connectivity index (χ2n) is 7.45. The maximum Gasteiger partial charge on any atom is 0.0932 e. The third-order valence-corrected chi connectivity index (χ3v) is 5.41. The highest BCUT2D eigenvalue weighted by Crippen LogP contribution is 2.32. The van der Waals surface area contributed by atoms with Gasteiger partial charge in [-0.2, -0.15) is 0 Å². The average molecular weight is 408 g/mol. The SMILES string of the molecule is C/C=C(/CON)c1ccc(C2=CCC(=C3CCCCC3)C=C2)cc1C.C=CC.CC. The summed E-state index contributed by atoms with van der Waals surface area (Å²) in [5, 5.41) is 0. The van der Waals surface area contributed by atoms with Gasteiger partial charge in [-0.25, -0.2) is 5.90 Å². The van der Waals surface area contributed by atoms with Crippen LogP contribution >= 0.6 is 0 Å². The third kappa shape index (κ3) is 7.59. The summed E-state index contributed by atoms with van der Waals surface area (Å²) in [7, 11) is 0. The zero-order valence-corrected chi connectivity index (χ0v) is 19.8. The molecular formula is C28H41NO. The van der Waals surface area contributed by atoms with Crippen LogP contribution in [0.15, 0.2) is 66.3 Å². The molecule has 0 heterocycles. The number of nitrogens with two attached hydrogens (primary N) is 1. The highest BCUT2D eigenvalue weighted by molar-refractivity contribution is 5.79. The first kappa shape index (κ1) is 25.9. The molecule has 1 aromatic rings. The molecule has 0 aromatic heterocycles. The molecule has 3 rings (SSSR count). The molecule has 0 radical (unpaired) electrons. The fourth-order valence-electron chi connectivity index (χ4n) is 3.93. The Morgan fingerprint density at radius 3 is 2.27 bits per heavy atom. The Morgan fingerprint density at radius 2 is 1.77 bits per heavy atom. The van der Waals surface area contributed by atoms with E-state index in [0.717, 1.165) is 12.0 Å². The summed E-state index contributed by atoms with van der Waals surface area (Å²) < 4.78 is 0. The van der Waals surface area contributed by atoms with Crippen molar-refractivity contribution in [3.05, 3.63) is 83.0 Å². The van der Waals surface area contributed by atoms with Crippen LogP contribution in [0.4, 0.5) is 0 Å². The Bertz CT molecular complexity index is 785. The minimum Gasteiger partial charge on any atom is -0.300 e. The number of allylic oxidation sites excluding steroid dienone is 8. The van der Waals surface area contributed by atoms with Gasteiger partial charge in [0.15, 0.2) is 0 Å². The maximum atomic E-state index is 5.25. The molecule has 1 fully saturated rings. The molecule has 30 heavy (non-hydrogen) atoms. The maximum absolute atomic E-state index is 5.25. The van der Waals surface area contributed by atoms with Crippen LogP contribution in [0.25, 0.3) is 11.1 Å². The lowest BCUT2D eigenvalue weighted by Gasteiger charge is -2.19. The number of hydrogen-bond donors (Lipinski definition) is 1. The average Bonchev–Trinajstić information content (AvgIpc) is 2.80. The predicted molar refractivity (Wildman–Crippen MR) is 134 cm³/mol. The van der Waals surface area contributed by atoms with Crippen molar-refractivity contribution in [2.24, 2.45) is 5.90 Å². The molecule has 0 saturated heterocycles.